The van der Waals surface area contributed by atoms with Gasteiger partial charge in [0, 0.05) is 31.6 Å². The van der Waals surface area contributed by atoms with E-state index in [4.69, 9.17) is 4.74 Å². The Morgan fingerprint density at radius 2 is 1.71 bits per heavy atom. The number of rotatable bonds is 8. The molecule has 3 rings (SSSR count). The summed E-state index contributed by atoms with van der Waals surface area (Å²) in [4.78, 5) is 27.8. The molecule has 0 radical (unpaired) electrons. The summed E-state index contributed by atoms with van der Waals surface area (Å²) in [7, 11) is 1.66. The Hall–Kier alpha value is -2.31. The largest absolute Gasteiger partial charge is 0.380 e. The van der Waals surface area contributed by atoms with E-state index in [-0.39, 0.29) is 11.8 Å². The molecule has 2 aromatic rings. The number of hydrogen-bond acceptors (Lipinski definition) is 4. The molecule has 1 N–H and O–H groups in total. The smallest absolute Gasteiger partial charge is 0.252 e. The van der Waals surface area contributed by atoms with E-state index >= 15 is 0 Å². The van der Waals surface area contributed by atoms with E-state index in [2.05, 4.69) is 5.32 Å². The van der Waals surface area contributed by atoms with Crippen LogP contribution in [0, 0.1) is 0 Å². The fourth-order valence-corrected chi connectivity index (χ4v) is 4.23. The first kappa shape index (κ1) is 20.4. The van der Waals surface area contributed by atoms with Crippen LogP contribution in [0.2, 0.25) is 0 Å². The monoisotopic (exact) mass is 398 g/mol. The lowest BCUT2D eigenvalue weighted by atomic mass is 10.1. The summed E-state index contributed by atoms with van der Waals surface area (Å²) in [5, 5.41) is 2.99. The summed E-state index contributed by atoms with van der Waals surface area (Å²) < 4.78 is 5.22. The summed E-state index contributed by atoms with van der Waals surface area (Å²) in [5.41, 5.74) is 2.70. The van der Waals surface area contributed by atoms with Gasteiger partial charge in [0.2, 0.25) is 5.91 Å². The number of methoxy groups -OCH3 is 1. The van der Waals surface area contributed by atoms with E-state index in [0.29, 0.717) is 24.5 Å². The highest BCUT2D eigenvalue weighted by Gasteiger charge is 2.19. The van der Waals surface area contributed by atoms with Crippen LogP contribution in [0.5, 0.6) is 0 Å². The highest BCUT2D eigenvalue weighted by atomic mass is 32.2. The van der Waals surface area contributed by atoms with Gasteiger partial charge in [0.15, 0.2) is 0 Å². The van der Waals surface area contributed by atoms with Crippen LogP contribution in [0.1, 0.15) is 34.3 Å². The Kier molecular flexibility index (Phi) is 7.51. The van der Waals surface area contributed by atoms with Crippen LogP contribution in [-0.2, 0) is 22.7 Å². The van der Waals surface area contributed by atoms with Crippen LogP contribution in [0.4, 0.5) is 0 Å². The molecule has 6 heteroatoms. The molecule has 1 saturated heterocycles. The van der Waals surface area contributed by atoms with Gasteiger partial charge in [-0.25, -0.2) is 0 Å². The van der Waals surface area contributed by atoms with E-state index in [1.807, 2.05) is 47.4 Å². The third kappa shape index (κ3) is 5.36. The highest BCUT2D eigenvalue weighted by molar-refractivity contribution is 8.00. The van der Waals surface area contributed by atoms with Gasteiger partial charge < -0.3 is 15.0 Å². The normalized spacial score (nSPS) is 13.5. The number of ether oxygens (including phenoxy) is 1. The van der Waals surface area contributed by atoms with Gasteiger partial charge in [0.25, 0.3) is 5.91 Å². The Labute approximate surface area is 170 Å². The molecular weight excluding hydrogens is 372 g/mol. The van der Waals surface area contributed by atoms with Crippen molar-refractivity contribution in [2.75, 3.05) is 26.0 Å². The zero-order chi connectivity index (χ0) is 19.8. The molecule has 2 amide bonds. The van der Waals surface area contributed by atoms with E-state index < -0.39 is 0 Å². The van der Waals surface area contributed by atoms with Gasteiger partial charge in [0.1, 0.15) is 0 Å². The van der Waals surface area contributed by atoms with Crippen molar-refractivity contribution in [2.24, 2.45) is 0 Å². The van der Waals surface area contributed by atoms with Gasteiger partial charge in [-0.3, -0.25) is 9.59 Å². The van der Waals surface area contributed by atoms with Crippen molar-refractivity contribution in [1.82, 2.24) is 10.2 Å². The predicted molar refractivity (Wildman–Crippen MR) is 111 cm³/mol. The predicted octanol–water partition coefficient (Wildman–Crippen LogP) is 3.48. The quantitative estimate of drug-likeness (QED) is 0.692. The molecule has 2 aromatic carbocycles. The third-order valence-corrected chi connectivity index (χ3v) is 5.86. The molecule has 0 saturated carbocycles. The fourth-order valence-electron chi connectivity index (χ4n) is 3.27. The second kappa shape index (κ2) is 10.3. The zero-order valence-electron chi connectivity index (χ0n) is 16.1. The Morgan fingerprint density at radius 1 is 1.04 bits per heavy atom. The van der Waals surface area contributed by atoms with Gasteiger partial charge in [-0.05, 0) is 36.1 Å². The minimum Gasteiger partial charge on any atom is -0.380 e. The number of nitrogens with zero attached hydrogens (tertiary/aromatic N) is 1. The number of hydrogen-bond donors (Lipinski definition) is 1. The molecule has 0 bridgehead atoms. The maximum absolute atomic E-state index is 12.8. The second-order valence-electron chi connectivity index (χ2n) is 6.76. The van der Waals surface area contributed by atoms with Crippen molar-refractivity contribution in [1.29, 1.82) is 0 Å². The fraction of sp³-hybridized carbons (Fsp3) is 0.364. The van der Waals surface area contributed by atoms with Crippen LogP contribution in [0.25, 0.3) is 0 Å². The first-order chi connectivity index (χ1) is 13.7. The second-order valence-corrected chi connectivity index (χ2v) is 7.77. The lowest BCUT2D eigenvalue weighted by Gasteiger charge is -2.16. The summed E-state index contributed by atoms with van der Waals surface area (Å²) in [5.74, 6) is 0.371. The van der Waals surface area contributed by atoms with E-state index in [0.717, 1.165) is 42.0 Å². The summed E-state index contributed by atoms with van der Waals surface area (Å²) in [6.45, 7) is 2.64. The van der Waals surface area contributed by atoms with Crippen molar-refractivity contribution >= 4 is 23.6 Å². The SMILES string of the molecule is COCc1ccccc1CNC(=O)c1ccccc1SCC(=O)N1CCCC1. The van der Waals surface area contributed by atoms with E-state index in [1.54, 1.807) is 13.2 Å². The number of thioether (sulfide) groups is 1. The molecule has 148 valence electrons. The number of carbonyl (C=O) groups excluding carboxylic acids is 2. The lowest BCUT2D eigenvalue weighted by molar-refractivity contribution is -0.127. The van der Waals surface area contributed by atoms with Crippen molar-refractivity contribution in [2.45, 2.75) is 30.9 Å². The van der Waals surface area contributed by atoms with Gasteiger partial charge >= 0.3 is 0 Å². The molecule has 1 aliphatic rings. The minimum absolute atomic E-state index is 0.135. The zero-order valence-corrected chi connectivity index (χ0v) is 17.0. The average Bonchev–Trinajstić information content (AvgIpc) is 3.26. The molecule has 0 spiro atoms. The van der Waals surface area contributed by atoms with Gasteiger partial charge in [0.05, 0.1) is 17.9 Å². The number of amides is 2. The van der Waals surface area contributed by atoms with Gasteiger partial charge in [-0.2, -0.15) is 0 Å². The van der Waals surface area contributed by atoms with E-state index in [9.17, 15) is 9.59 Å². The number of nitrogens with one attached hydrogen (secondary N) is 1. The molecule has 0 aromatic heterocycles. The molecule has 1 aliphatic heterocycles. The molecule has 1 heterocycles. The summed E-state index contributed by atoms with van der Waals surface area (Å²) in [6.07, 6.45) is 2.17. The molecule has 0 unspecified atom stereocenters. The lowest BCUT2D eigenvalue weighted by Crippen LogP contribution is -2.29. The molecule has 28 heavy (non-hydrogen) atoms. The number of likely N-dealkylation sites (tertiary alicyclic amines) is 1. The average molecular weight is 399 g/mol. The number of benzene rings is 2. The third-order valence-electron chi connectivity index (χ3n) is 4.80. The molecular formula is C22H26N2O3S. The Morgan fingerprint density at radius 3 is 2.46 bits per heavy atom. The van der Waals surface area contributed by atoms with Gasteiger partial charge in [-0.1, -0.05) is 36.4 Å². The first-order valence-corrected chi connectivity index (χ1v) is 10.5. The van der Waals surface area contributed by atoms with Crippen LogP contribution < -0.4 is 5.32 Å². The maximum Gasteiger partial charge on any atom is 0.252 e. The summed E-state index contributed by atoms with van der Waals surface area (Å²) >= 11 is 1.43. The van der Waals surface area contributed by atoms with Crippen LogP contribution in [-0.4, -0.2) is 42.7 Å². The standard InChI is InChI=1S/C22H26N2O3S/c1-27-15-18-9-3-2-8-17(18)14-23-22(26)19-10-4-5-11-20(19)28-16-21(25)24-12-6-7-13-24/h2-5,8-11H,6-7,12-16H2,1H3,(H,23,26). The molecule has 0 aliphatic carbocycles. The van der Waals surface area contributed by atoms with E-state index in [1.165, 1.54) is 11.8 Å². The van der Waals surface area contributed by atoms with Crippen molar-refractivity contribution in [3.8, 4) is 0 Å². The Bertz CT molecular complexity index is 819. The van der Waals surface area contributed by atoms with Crippen molar-refractivity contribution in [3.63, 3.8) is 0 Å². The summed E-state index contributed by atoms with van der Waals surface area (Å²) in [6, 6.07) is 15.3. The van der Waals surface area contributed by atoms with Crippen LogP contribution in [0.15, 0.2) is 53.4 Å². The molecule has 5 nitrogen and oxygen atoms in total. The Balaban J connectivity index is 1.61. The van der Waals surface area contributed by atoms with Crippen molar-refractivity contribution in [3.05, 3.63) is 65.2 Å². The van der Waals surface area contributed by atoms with Crippen LogP contribution >= 0.6 is 11.8 Å². The van der Waals surface area contributed by atoms with Gasteiger partial charge in [-0.15, -0.1) is 11.8 Å². The van der Waals surface area contributed by atoms with Crippen molar-refractivity contribution < 1.29 is 14.3 Å². The van der Waals surface area contributed by atoms with Crippen LogP contribution in [0.3, 0.4) is 0 Å². The molecule has 1 fully saturated rings. The minimum atomic E-state index is -0.135. The highest BCUT2D eigenvalue weighted by Crippen LogP contribution is 2.24. The first-order valence-electron chi connectivity index (χ1n) is 9.52. The number of carbonyl (C=O) groups is 2. The maximum atomic E-state index is 12.8. The molecule has 0 atom stereocenters. The topological polar surface area (TPSA) is 58.6 Å².